The summed E-state index contributed by atoms with van der Waals surface area (Å²) in [4.78, 5) is 12.5. The molecule has 17 heteroatoms. The van der Waals surface area contributed by atoms with E-state index in [9.17, 15) is 44.3 Å². The van der Waals surface area contributed by atoms with E-state index >= 15 is 0 Å². The van der Waals surface area contributed by atoms with Crippen LogP contribution in [0.5, 0.6) is 0 Å². The molecular weight excluding hydrogens is 640 g/mol. The molecule has 43 heavy (non-hydrogen) atoms. The molecule has 0 saturated heterocycles. The van der Waals surface area contributed by atoms with Crippen molar-refractivity contribution in [1.29, 1.82) is 5.26 Å². The molecule has 1 amide bonds. The fraction of sp³-hybridized carbons (Fsp3) is 0.154. The number of halogens is 11. The number of alkyl halides is 9. The van der Waals surface area contributed by atoms with Crippen LogP contribution in [0.2, 0.25) is 10.0 Å². The zero-order valence-corrected chi connectivity index (χ0v) is 22.2. The van der Waals surface area contributed by atoms with Crippen LogP contribution in [0.15, 0.2) is 66.9 Å². The van der Waals surface area contributed by atoms with E-state index in [2.05, 4.69) is 15.6 Å². The van der Waals surface area contributed by atoms with E-state index in [1.165, 1.54) is 48.5 Å². The van der Waals surface area contributed by atoms with Crippen molar-refractivity contribution in [3.63, 3.8) is 0 Å². The first-order chi connectivity index (χ1) is 19.9. The van der Waals surface area contributed by atoms with Crippen molar-refractivity contribution >= 4 is 34.8 Å². The molecule has 0 saturated carbocycles. The molecule has 1 heterocycles. The van der Waals surface area contributed by atoms with Gasteiger partial charge in [0, 0.05) is 22.4 Å². The Morgan fingerprint density at radius 1 is 0.860 bits per heavy atom. The first-order valence-electron chi connectivity index (χ1n) is 11.4. The number of amides is 1. The third-order valence-electron chi connectivity index (χ3n) is 6.01. The van der Waals surface area contributed by atoms with E-state index in [1.807, 2.05) is 6.07 Å². The number of rotatable bonds is 6. The summed E-state index contributed by atoms with van der Waals surface area (Å²) in [7, 11) is 0. The summed E-state index contributed by atoms with van der Waals surface area (Å²) in [5.74, 6) is -7.42. The predicted octanol–water partition coefficient (Wildman–Crippen LogP) is 8.29. The lowest BCUT2D eigenvalue weighted by Crippen LogP contribution is -2.59. The average molecular weight is 652 g/mol. The lowest BCUT2D eigenvalue weighted by molar-refractivity contribution is -0.389. The van der Waals surface area contributed by atoms with E-state index in [4.69, 9.17) is 28.5 Å². The van der Waals surface area contributed by atoms with Gasteiger partial charge in [-0.3, -0.25) is 4.79 Å². The Bertz CT molecular complexity index is 1710. The average Bonchev–Trinajstić information content (AvgIpc) is 3.40. The fourth-order valence-electron chi connectivity index (χ4n) is 3.86. The number of aromatic nitrogens is 3. The van der Waals surface area contributed by atoms with Crippen molar-refractivity contribution in [3.8, 4) is 23.0 Å². The highest BCUT2D eigenvalue weighted by molar-refractivity contribution is 6.37. The van der Waals surface area contributed by atoms with Gasteiger partial charge in [-0.05, 0) is 48.5 Å². The lowest BCUT2D eigenvalue weighted by Gasteiger charge is -2.36. The van der Waals surface area contributed by atoms with Crippen LogP contribution in [0, 0.1) is 11.3 Å². The third kappa shape index (κ3) is 5.72. The van der Waals surface area contributed by atoms with Crippen molar-refractivity contribution in [2.24, 2.45) is 0 Å². The van der Waals surface area contributed by atoms with Gasteiger partial charge in [0.15, 0.2) is 0 Å². The Hall–Kier alpha value is -4.29. The summed E-state index contributed by atoms with van der Waals surface area (Å²) in [5, 5.41) is 17.2. The van der Waals surface area contributed by atoms with E-state index < -0.39 is 51.1 Å². The zero-order valence-electron chi connectivity index (χ0n) is 20.7. The molecule has 0 aliphatic rings. The molecule has 3 aromatic carbocycles. The van der Waals surface area contributed by atoms with E-state index in [-0.39, 0.29) is 23.4 Å². The SMILES string of the molecule is N#Cc1ccc(C(=O)Nc2cccc(-c3cn(-c4c(Cl)cc(C(F)(C(F)(F)F)C(F)(F)C(F)(F)F)cc4Cl)nn3)c2)cc1. The highest BCUT2D eigenvalue weighted by atomic mass is 35.5. The summed E-state index contributed by atoms with van der Waals surface area (Å²) >= 11 is 11.8. The maximum absolute atomic E-state index is 14.9. The minimum Gasteiger partial charge on any atom is -0.322 e. The van der Waals surface area contributed by atoms with Crippen LogP contribution in [0.3, 0.4) is 0 Å². The molecule has 4 rings (SSSR count). The van der Waals surface area contributed by atoms with Crippen LogP contribution in [0.1, 0.15) is 21.5 Å². The number of nitrogens with one attached hydrogen (secondary N) is 1. The summed E-state index contributed by atoms with van der Waals surface area (Å²) in [6.07, 6.45) is -12.5. The summed E-state index contributed by atoms with van der Waals surface area (Å²) in [6.45, 7) is 0. The lowest BCUT2D eigenvalue weighted by atomic mass is 9.87. The van der Waals surface area contributed by atoms with Gasteiger partial charge in [-0.25, -0.2) is 9.07 Å². The molecular formula is C26H12Cl2F9N5O. The maximum atomic E-state index is 14.9. The van der Waals surface area contributed by atoms with Crippen LogP contribution < -0.4 is 5.32 Å². The topological polar surface area (TPSA) is 83.6 Å². The number of anilines is 1. The van der Waals surface area contributed by atoms with Gasteiger partial charge >= 0.3 is 23.9 Å². The molecule has 0 aliphatic heterocycles. The second-order valence-electron chi connectivity index (χ2n) is 8.79. The Balaban J connectivity index is 1.66. The van der Waals surface area contributed by atoms with Gasteiger partial charge in [-0.15, -0.1) is 5.10 Å². The van der Waals surface area contributed by atoms with Crippen LogP contribution in [0.25, 0.3) is 16.9 Å². The molecule has 0 spiro atoms. The van der Waals surface area contributed by atoms with E-state index in [0.29, 0.717) is 16.8 Å². The highest BCUT2D eigenvalue weighted by Crippen LogP contribution is 2.59. The largest absolute Gasteiger partial charge is 0.457 e. The van der Waals surface area contributed by atoms with E-state index in [1.54, 1.807) is 0 Å². The molecule has 0 radical (unpaired) electrons. The quantitative estimate of drug-likeness (QED) is 0.213. The smallest absolute Gasteiger partial charge is 0.322 e. The number of carbonyl (C=O) groups is 1. The minimum absolute atomic E-state index is 0.0590. The normalized spacial score (nSPS) is 13.7. The molecule has 1 unspecified atom stereocenters. The van der Waals surface area contributed by atoms with Gasteiger partial charge < -0.3 is 5.32 Å². The molecule has 0 fully saturated rings. The summed E-state index contributed by atoms with van der Waals surface area (Å²) in [6, 6.07) is 13.6. The Labute approximate surface area is 245 Å². The van der Waals surface area contributed by atoms with Gasteiger partial charge in [-0.1, -0.05) is 40.5 Å². The van der Waals surface area contributed by atoms with Crippen LogP contribution in [-0.4, -0.2) is 39.2 Å². The number of benzene rings is 3. The zero-order chi connectivity index (χ0) is 32.0. The first kappa shape index (κ1) is 31.6. The predicted molar refractivity (Wildman–Crippen MR) is 136 cm³/mol. The Morgan fingerprint density at radius 2 is 1.47 bits per heavy atom. The van der Waals surface area contributed by atoms with Crippen molar-refractivity contribution in [2.45, 2.75) is 23.9 Å². The van der Waals surface area contributed by atoms with Crippen LogP contribution in [0.4, 0.5) is 45.2 Å². The maximum Gasteiger partial charge on any atom is 0.457 e. The molecule has 224 valence electrons. The van der Waals surface area contributed by atoms with Crippen LogP contribution in [-0.2, 0) is 5.67 Å². The first-order valence-corrected chi connectivity index (χ1v) is 12.2. The van der Waals surface area contributed by atoms with Gasteiger partial charge in [0.25, 0.3) is 5.91 Å². The number of hydrogen-bond donors (Lipinski definition) is 1. The monoisotopic (exact) mass is 651 g/mol. The number of carbonyl (C=O) groups excluding carboxylic acids is 1. The van der Waals surface area contributed by atoms with E-state index in [0.717, 1.165) is 10.9 Å². The van der Waals surface area contributed by atoms with Gasteiger partial charge in [-0.2, -0.15) is 40.4 Å². The molecule has 6 nitrogen and oxygen atoms in total. The van der Waals surface area contributed by atoms with Crippen molar-refractivity contribution < 1.29 is 44.3 Å². The van der Waals surface area contributed by atoms with Crippen molar-refractivity contribution in [3.05, 3.63) is 93.6 Å². The van der Waals surface area contributed by atoms with Gasteiger partial charge in [0.2, 0.25) is 0 Å². The second-order valence-corrected chi connectivity index (χ2v) is 9.60. The van der Waals surface area contributed by atoms with Gasteiger partial charge in [0.05, 0.1) is 27.9 Å². The van der Waals surface area contributed by atoms with Crippen LogP contribution >= 0.6 is 23.2 Å². The molecule has 0 bridgehead atoms. The van der Waals surface area contributed by atoms with Crippen molar-refractivity contribution in [1.82, 2.24) is 15.0 Å². The Morgan fingerprint density at radius 3 is 2.00 bits per heavy atom. The third-order valence-corrected chi connectivity index (χ3v) is 6.59. The molecule has 0 aliphatic carbocycles. The number of nitriles is 1. The number of hydrogen-bond acceptors (Lipinski definition) is 4. The number of nitrogens with zero attached hydrogens (tertiary/aromatic N) is 4. The summed E-state index contributed by atoms with van der Waals surface area (Å²) < 4.78 is 122. The second kappa shape index (κ2) is 11.1. The fourth-order valence-corrected chi connectivity index (χ4v) is 4.52. The highest BCUT2D eigenvalue weighted by Gasteiger charge is 2.81. The molecule has 1 atom stereocenters. The Kier molecular flexibility index (Phi) is 8.16. The standard InChI is InChI=1S/C26H12Cl2F9N5O/c27-18-9-16(23(29,25(32,33)34)24(30,31)26(35,36)37)10-19(28)21(18)42-12-20(40-41-42)15-2-1-3-17(8-15)39-22(43)14-6-4-13(11-38)5-7-14/h1-10,12H,(H,39,43). The summed E-state index contributed by atoms with van der Waals surface area (Å²) in [5.41, 5.74) is -7.64. The van der Waals surface area contributed by atoms with Gasteiger partial charge in [0.1, 0.15) is 11.4 Å². The molecule has 1 N–H and O–H groups in total. The van der Waals surface area contributed by atoms with Crippen molar-refractivity contribution in [2.75, 3.05) is 5.32 Å². The molecule has 4 aromatic rings. The minimum atomic E-state index is -6.92. The molecule has 1 aromatic heterocycles.